The maximum atomic E-state index is 5.65. The van der Waals surface area contributed by atoms with Crippen molar-refractivity contribution in [1.29, 1.82) is 0 Å². The Morgan fingerprint density at radius 3 is 2.93 bits per heavy atom. The van der Waals surface area contributed by atoms with E-state index >= 15 is 0 Å². The molecule has 1 aromatic rings. The van der Waals surface area contributed by atoms with Crippen LogP contribution in [0.25, 0.3) is 0 Å². The highest BCUT2D eigenvalue weighted by molar-refractivity contribution is 7.15. The summed E-state index contributed by atoms with van der Waals surface area (Å²) in [5.41, 5.74) is 6.85. The molecule has 1 aliphatic rings. The molecule has 78 valence electrons. The lowest BCUT2D eigenvalue weighted by atomic mass is 10.1. The molecule has 2 heterocycles. The second-order valence-electron chi connectivity index (χ2n) is 4.32. The van der Waals surface area contributed by atoms with Crippen molar-refractivity contribution in [3.05, 3.63) is 10.6 Å². The second kappa shape index (κ2) is 3.87. The van der Waals surface area contributed by atoms with Crippen LogP contribution in [0.5, 0.6) is 0 Å². The van der Waals surface area contributed by atoms with Crippen LogP contribution in [0.3, 0.4) is 0 Å². The summed E-state index contributed by atoms with van der Waals surface area (Å²) in [6.07, 6.45) is 1.27. The first-order chi connectivity index (χ1) is 6.65. The monoisotopic (exact) mass is 211 g/mol. The Kier molecular flexibility index (Phi) is 2.74. The number of nitrogen functional groups attached to an aromatic ring is 1. The highest BCUT2D eigenvalue weighted by Crippen LogP contribution is 2.29. The molecule has 1 aliphatic heterocycles. The van der Waals surface area contributed by atoms with Crippen LogP contribution in [0.1, 0.15) is 30.8 Å². The highest BCUT2D eigenvalue weighted by Gasteiger charge is 2.22. The zero-order valence-corrected chi connectivity index (χ0v) is 9.60. The fourth-order valence-electron chi connectivity index (χ4n) is 1.72. The van der Waals surface area contributed by atoms with Crippen molar-refractivity contribution in [2.45, 2.75) is 33.4 Å². The molecule has 0 fully saturated rings. The second-order valence-corrected chi connectivity index (χ2v) is 5.43. The Morgan fingerprint density at radius 1 is 1.50 bits per heavy atom. The molecule has 0 amide bonds. The molecule has 1 aromatic heterocycles. The largest absolute Gasteiger partial charge is 0.375 e. The number of hydrogen-bond donors (Lipinski definition) is 1. The molecular formula is C10H17N3S. The van der Waals surface area contributed by atoms with E-state index in [1.54, 1.807) is 11.3 Å². The number of nitrogens with zero attached hydrogens (tertiary/aromatic N) is 2. The van der Waals surface area contributed by atoms with Crippen LogP contribution in [-0.4, -0.2) is 16.4 Å². The topological polar surface area (TPSA) is 42.2 Å². The SMILES string of the molecule is CC(C)CCN1Cc2nc(N)sc2C1. The number of anilines is 1. The van der Waals surface area contributed by atoms with E-state index in [1.807, 2.05) is 0 Å². The van der Waals surface area contributed by atoms with Crippen LogP contribution in [0.15, 0.2) is 0 Å². The lowest BCUT2D eigenvalue weighted by Crippen LogP contribution is -2.19. The Morgan fingerprint density at radius 2 is 2.29 bits per heavy atom. The lowest BCUT2D eigenvalue weighted by molar-refractivity contribution is 0.265. The minimum Gasteiger partial charge on any atom is -0.375 e. The van der Waals surface area contributed by atoms with Gasteiger partial charge in [-0.05, 0) is 18.9 Å². The van der Waals surface area contributed by atoms with Gasteiger partial charge in [0.1, 0.15) is 0 Å². The van der Waals surface area contributed by atoms with E-state index in [4.69, 9.17) is 5.73 Å². The first-order valence-corrected chi connectivity index (χ1v) is 5.93. The van der Waals surface area contributed by atoms with Crippen molar-refractivity contribution in [3.63, 3.8) is 0 Å². The van der Waals surface area contributed by atoms with Gasteiger partial charge < -0.3 is 5.73 Å². The number of fused-ring (bicyclic) bond motifs is 1. The van der Waals surface area contributed by atoms with Crippen molar-refractivity contribution >= 4 is 16.5 Å². The molecule has 14 heavy (non-hydrogen) atoms. The summed E-state index contributed by atoms with van der Waals surface area (Å²) in [7, 11) is 0. The molecular weight excluding hydrogens is 194 g/mol. The van der Waals surface area contributed by atoms with Crippen molar-refractivity contribution in [2.75, 3.05) is 12.3 Å². The number of aromatic nitrogens is 1. The summed E-state index contributed by atoms with van der Waals surface area (Å²) in [6, 6.07) is 0. The van der Waals surface area contributed by atoms with Crippen molar-refractivity contribution in [1.82, 2.24) is 9.88 Å². The van der Waals surface area contributed by atoms with E-state index in [0.717, 1.165) is 24.1 Å². The standard InChI is InChI=1S/C10H17N3S/c1-7(2)3-4-13-5-8-9(6-13)14-10(11)12-8/h7H,3-6H2,1-2H3,(H2,11,12). The van der Waals surface area contributed by atoms with Crippen LogP contribution in [0.4, 0.5) is 5.13 Å². The van der Waals surface area contributed by atoms with E-state index in [9.17, 15) is 0 Å². The first-order valence-electron chi connectivity index (χ1n) is 5.11. The number of rotatable bonds is 3. The van der Waals surface area contributed by atoms with E-state index in [0.29, 0.717) is 0 Å². The number of thiazole rings is 1. The number of hydrogen-bond acceptors (Lipinski definition) is 4. The van der Waals surface area contributed by atoms with E-state index < -0.39 is 0 Å². The molecule has 0 atom stereocenters. The van der Waals surface area contributed by atoms with Crippen LogP contribution in [0, 0.1) is 5.92 Å². The van der Waals surface area contributed by atoms with E-state index in [1.165, 1.54) is 23.5 Å². The van der Waals surface area contributed by atoms with Gasteiger partial charge in [-0.1, -0.05) is 13.8 Å². The van der Waals surface area contributed by atoms with Crippen LogP contribution < -0.4 is 5.73 Å². The zero-order valence-electron chi connectivity index (χ0n) is 8.79. The Labute approximate surface area is 88.9 Å². The summed E-state index contributed by atoms with van der Waals surface area (Å²) in [5, 5.41) is 0.721. The third-order valence-corrected chi connectivity index (χ3v) is 3.47. The third kappa shape index (κ3) is 2.07. The van der Waals surface area contributed by atoms with Gasteiger partial charge in [0.15, 0.2) is 5.13 Å². The van der Waals surface area contributed by atoms with Crippen LogP contribution in [0.2, 0.25) is 0 Å². The Balaban J connectivity index is 1.89. The summed E-state index contributed by atoms with van der Waals surface area (Å²) < 4.78 is 0. The van der Waals surface area contributed by atoms with Crippen molar-refractivity contribution < 1.29 is 0 Å². The molecule has 0 aliphatic carbocycles. The quantitative estimate of drug-likeness (QED) is 0.832. The normalized spacial score (nSPS) is 16.5. The highest BCUT2D eigenvalue weighted by atomic mass is 32.1. The molecule has 0 radical (unpaired) electrons. The van der Waals surface area contributed by atoms with Gasteiger partial charge in [-0.25, -0.2) is 4.98 Å². The van der Waals surface area contributed by atoms with E-state index in [-0.39, 0.29) is 0 Å². The fourth-order valence-corrected chi connectivity index (χ4v) is 2.60. The van der Waals surface area contributed by atoms with Gasteiger partial charge in [0.2, 0.25) is 0 Å². The van der Waals surface area contributed by atoms with Gasteiger partial charge in [0.25, 0.3) is 0 Å². The Bertz CT molecular complexity index is 296. The molecule has 0 bridgehead atoms. The van der Waals surface area contributed by atoms with Gasteiger partial charge in [-0.3, -0.25) is 4.90 Å². The molecule has 0 spiro atoms. The van der Waals surface area contributed by atoms with Gasteiger partial charge in [0, 0.05) is 18.0 Å². The maximum Gasteiger partial charge on any atom is 0.180 e. The first kappa shape index (κ1) is 9.93. The molecule has 3 nitrogen and oxygen atoms in total. The maximum absolute atomic E-state index is 5.65. The molecule has 0 saturated heterocycles. The van der Waals surface area contributed by atoms with Gasteiger partial charge in [-0.15, -0.1) is 11.3 Å². The Hall–Kier alpha value is -0.610. The molecule has 0 saturated carbocycles. The van der Waals surface area contributed by atoms with Gasteiger partial charge in [-0.2, -0.15) is 0 Å². The number of nitrogens with two attached hydrogens (primary N) is 1. The zero-order chi connectivity index (χ0) is 10.1. The van der Waals surface area contributed by atoms with Crippen molar-refractivity contribution in [2.24, 2.45) is 5.92 Å². The van der Waals surface area contributed by atoms with Crippen molar-refractivity contribution in [3.8, 4) is 0 Å². The summed E-state index contributed by atoms with van der Waals surface area (Å²) in [6.45, 7) is 7.76. The molecule has 0 aromatic carbocycles. The lowest BCUT2D eigenvalue weighted by Gasteiger charge is -2.15. The fraction of sp³-hybridized carbons (Fsp3) is 0.700. The van der Waals surface area contributed by atoms with Gasteiger partial charge in [0.05, 0.1) is 5.69 Å². The average Bonchev–Trinajstić information content (AvgIpc) is 2.57. The van der Waals surface area contributed by atoms with E-state index in [2.05, 4.69) is 23.7 Å². The summed E-state index contributed by atoms with van der Waals surface area (Å²) in [4.78, 5) is 8.14. The minimum atomic E-state index is 0.721. The third-order valence-electron chi connectivity index (χ3n) is 2.56. The predicted octanol–water partition coefficient (Wildman–Crippen LogP) is 2.09. The smallest absolute Gasteiger partial charge is 0.180 e. The molecule has 2 rings (SSSR count). The summed E-state index contributed by atoms with van der Waals surface area (Å²) >= 11 is 1.64. The minimum absolute atomic E-state index is 0.721. The van der Waals surface area contributed by atoms with Gasteiger partial charge >= 0.3 is 0 Å². The predicted molar refractivity (Wildman–Crippen MR) is 60.1 cm³/mol. The summed E-state index contributed by atoms with van der Waals surface area (Å²) in [5.74, 6) is 0.784. The molecule has 2 N–H and O–H groups in total. The van der Waals surface area contributed by atoms with Crippen LogP contribution >= 0.6 is 11.3 Å². The molecule has 4 heteroatoms. The average molecular weight is 211 g/mol. The van der Waals surface area contributed by atoms with Crippen LogP contribution in [-0.2, 0) is 13.1 Å². The molecule has 0 unspecified atom stereocenters.